The molecule has 0 unspecified atom stereocenters. The van der Waals surface area contributed by atoms with Gasteiger partial charge in [-0.15, -0.1) is 0 Å². The van der Waals surface area contributed by atoms with Crippen LogP contribution >= 0.6 is 0 Å². The third kappa shape index (κ3) is 5.41. The highest BCUT2D eigenvalue weighted by Crippen LogP contribution is 2.34. The van der Waals surface area contributed by atoms with Crippen molar-refractivity contribution in [2.24, 2.45) is 11.8 Å². The van der Waals surface area contributed by atoms with Crippen LogP contribution in [0.2, 0.25) is 0 Å². The number of nitrogens with zero attached hydrogens (tertiary/aromatic N) is 1. The van der Waals surface area contributed by atoms with Crippen molar-refractivity contribution in [1.82, 2.24) is 4.90 Å². The Labute approximate surface area is 147 Å². The lowest BCUT2D eigenvalue weighted by Gasteiger charge is -2.31. The first-order valence-corrected chi connectivity index (χ1v) is 8.69. The number of ketones is 1. The minimum Gasteiger partial charge on any atom is -0.466 e. The van der Waals surface area contributed by atoms with Gasteiger partial charge in [-0.05, 0) is 38.5 Å². The van der Waals surface area contributed by atoms with Crippen LogP contribution in [-0.2, 0) is 23.9 Å². The van der Waals surface area contributed by atoms with Crippen molar-refractivity contribution < 1.29 is 28.7 Å². The van der Waals surface area contributed by atoms with Crippen molar-refractivity contribution >= 4 is 23.8 Å². The van der Waals surface area contributed by atoms with Crippen molar-refractivity contribution in [2.45, 2.75) is 46.0 Å². The van der Waals surface area contributed by atoms with Crippen LogP contribution in [0.3, 0.4) is 0 Å². The molecule has 0 spiro atoms. The molecule has 2 amide bonds. The second-order valence-electron chi connectivity index (χ2n) is 6.57. The van der Waals surface area contributed by atoms with Crippen LogP contribution in [0.15, 0.2) is 11.6 Å². The van der Waals surface area contributed by atoms with E-state index in [9.17, 15) is 19.2 Å². The second kappa shape index (κ2) is 8.78. The summed E-state index contributed by atoms with van der Waals surface area (Å²) in [5, 5.41) is 0. The molecule has 0 bridgehead atoms. The summed E-state index contributed by atoms with van der Waals surface area (Å²) in [4.78, 5) is 47.7. The van der Waals surface area contributed by atoms with Gasteiger partial charge in [-0.2, -0.15) is 0 Å². The molecular formula is C18H25NO6. The standard InChI is InChI=1S/C18H25NO6/c1-12(20)3-4-14-5-6-16(15(11-14)7-9-24-13(2)21)17(22)19-8-10-25-18(19)23/h11,15-16H,3-10H2,1-2H3/t15-,16+/m0/s1. The average molecular weight is 351 g/mol. The third-order valence-corrected chi connectivity index (χ3v) is 4.64. The van der Waals surface area contributed by atoms with Crippen molar-refractivity contribution in [3.63, 3.8) is 0 Å². The molecule has 0 N–H and O–H groups in total. The van der Waals surface area contributed by atoms with Crippen LogP contribution in [0.5, 0.6) is 0 Å². The lowest BCUT2D eigenvalue weighted by atomic mass is 9.77. The zero-order chi connectivity index (χ0) is 18.4. The highest BCUT2D eigenvalue weighted by Gasteiger charge is 2.38. The van der Waals surface area contributed by atoms with Crippen molar-refractivity contribution in [3.05, 3.63) is 11.6 Å². The largest absolute Gasteiger partial charge is 0.466 e. The van der Waals surface area contributed by atoms with Gasteiger partial charge in [0, 0.05) is 19.3 Å². The Hall–Kier alpha value is -2.18. The minimum atomic E-state index is -0.588. The Bertz CT molecular complexity index is 582. The zero-order valence-corrected chi connectivity index (χ0v) is 14.8. The molecule has 25 heavy (non-hydrogen) atoms. The molecule has 7 heteroatoms. The van der Waals surface area contributed by atoms with Crippen LogP contribution in [0.25, 0.3) is 0 Å². The van der Waals surface area contributed by atoms with Gasteiger partial charge in [-0.3, -0.25) is 9.59 Å². The Morgan fingerprint density at radius 1 is 1.32 bits per heavy atom. The highest BCUT2D eigenvalue weighted by atomic mass is 16.6. The van der Waals surface area contributed by atoms with Crippen molar-refractivity contribution in [3.8, 4) is 0 Å². The SMILES string of the molecule is CC(=O)CCC1=C[C@H](CCOC(C)=O)[C@H](C(=O)N2CCOC2=O)CC1. The molecule has 1 saturated heterocycles. The smallest absolute Gasteiger partial charge is 0.416 e. The van der Waals surface area contributed by atoms with Crippen LogP contribution in [0.1, 0.15) is 46.0 Å². The minimum absolute atomic E-state index is 0.115. The molecule has 2 aliphatic rings. The molecule has 1 heterocycles. The van der Waals surface area contributed by atoms with Gasteiger partial charge in [0.25, 0.3) is 0 Å². The monoisotopic (exact) mass is 351 g/mol. The first-order chi connectivity index (χ1) is 11.9. The number of cyclic esters (lactones) is 1. The maximum Gasteiger partial charge on any atom is 0.416 e. The number of rotatable bonds is 7. The summed E-state index contributed by atoms with van der Waals surface area (Å²) >= 11 is 0. The Morgan fingerprint density at radius 3 is 2.68 bits per heavy atom. The van der Waals surface area contributed by atoms with Crippen LogP contribution in [-0.4, -0.2) is 48.4 Å². The summed E-state index contributed by atoms with van der Waals surface area (Å²) in [7, 11) is 0. The fourth-order valence-corrected chi connectivity index (χ4v) is 3.33. The van der Waals surface area contributed by atoms with E-state index in [1.807, 2.05) is 6.08 Å². The van der Waals surface area contributed by atoms with Crippen molar-refractivity contribution in [1.29, 1.82) is 0 Å². The van der Waals surface area contributed by atoms with Gasteiger partial charge in [0.1, 0.15) is 12.4 Å². The van der Waals surface area contributed by atoms with Crippen LogP contribution < -0.4 is 0 Å². The number of carbonyl (C=O) groups is 4. The van der Waals surface area contributed by atoms with E-state index in [1.165, 1.54) is 6.92 Å². The van der Waals surface area contributed by atoms with E-state index in [4.69, 9.17) is 9.47 Å². The van der Waals surface area contributed by atoms with Gasteiger partial charge in [-0.25, -0.2) is 9.69 Å². The predicted molar refractivity (Wildman–Crippen MR) is 88.5 cm³/mol. The molecule has 2 rings (SSSR count). The van der Waals surface area contributed by atoms with Gasteiger partial charge in [0.15, 0.2) is 0 Å². The van der Waals surface area contributed by atoms with Gasteiger partial charge in [-0.1, -0.05) is 11.6 Å². The van der Waals surface area contributed by atoms with E-state index in [1.54, 1.807) is 6.92 Å². The fraction of sp³-hybridized carbons (Fsp3) is 0.667. The first kappa shape index (κ1) is 19.1. The van der Waals surface area contributed by atoms with Crippen LogP contribution in [0.4, 0.5) is 4.79 Å². The molecular weight excluding hydrogens is 326 g/mol. The summed E-state index contributed by atoms with van der Waals surface area (Å²) in [6, 6.07) is 0. The molecule has 0 aromatic heterocycles. The Balaban J connectivity index is 2.07. The van der Waals surface area contributed by atoms with E-state index in [0.29, 0.717) is 25.7 Å². The third-order valence-electron chi connectivity index (χ3n) is 4.64. The topological polar surface area (TPSA) is 90.0 Å². The lowest BCUT2D eigenvalue weighted by molar-refractivity contribution is -0.141. The maximum absolute atomic E-state index is 12.7. The van der Waals surface area contributed by atoms with E-state index in [2.05, 4.69) is 0 Å². The summed E-state index contributed by atoms with van der Waals surface area (Å²) in [6.07, 6.45) is 4.48. The van der Waals surface area contributed by atoms with E-state index >= 15 is 0 Å². The molecule has 0 radical (unpaired) electrons. The molecule has 7 nitrogen and oxygen atoms in total. The summed E-state index contributed by atoms with van der Waals surface area (Å²) < 4.78 is 9.87. The number of hydrogen-bond acceptors (Lipinski definition) is 6. The number of allylic oxidation sites excluding steroid dienone is 2. The van der Waals surface area contributed by atoms with Gasteiger partial charge >= 0.3 is 12.1 Å². The van der Waals surface area contributed by atoms with Gasteiger partial charge in [0.05, 0.1) is 13.2 Å². The van der Waals surface area contributed by atoms with E-state index in [0.717, 1.165) is 16.9 Å². The number of ether oxygens (including phenoxy) is 2. The molecule has 1 fully saturated rings. The lowest BCUT2D eigenvalue weighted by Crippen LogP contribution is -2.40. The highest BCUT2D eigenvalue weighted by molar-refractivity contribution is 5.94. The van der Waals surface area contributed by atoms with Gasteiger partial charge < -0.3 is 14.3 Å². The summed E-state index contributed by atoms with van der Waals surface area (Å²) in [5.41, 5.74) is 1.15. The number of Topliss-reactive ketones (excluding diaryl/α,β-unsaturated/α-hetero) is 1. The number of carbonyl (C=O) groups excluding carboxylic acids is 4. The van der Waals surface area contributed by atoms with Gasteiger partial charge in [0.2, 0.25) is 5.91 Å². The fourth-order valence-electron chi connectivity index (χ4n) is 3.33. The summed E-state index contributed by atoms with van der Waals surface area (Å²) in [5.74, 6) is -0.895. The average Bonchev–Trinajstić information content (AvgIpc) is 2.98. The maximum atomic E-state index is 12.7. The number of imide groups is 1. The van der Waals surface area contributed by atoms with Crippen molar-refractivity contribution in [2.75, 3.05) is 19.8 Å². The molecule has 0 aromatic carbocycles. The molecule has 0 saturated carbocycles. The molecule has 1 aliphatic carbocycles. The summed E-state index contributed by atoms with van der Waals surface area (Å²) in [6.45, 7) is 3.65. The molecule has 138 valence electrons. The number of amides is 2. The number of hydrogen-bond donors (Lipinski definition) is 0. The van der Waals surface area contributed by atoms with E-state index in [-0.39, 0.29) is 49.3 Å². The number of esters is 1. The van der Waals surface area contributed by atoms with Crippen LogP contribution in [0, 0.1) is 11.8 Å². The quantitative estimate of drug-likeness (QED) is 0.516. The molecule has 0 aromatic rings. The first-order valence-electron chi connectivity index (χ1n) is 8.69. The normalized spacial score (nSPS) is 23.0. The molecule has 1 aliphatic heterocycles. The zero-order valence-electron chi connectivity index (χ0n) is 14.8. The molecule has 2 atom stereocenters. The van der Waals surface area contributed by atoms with E-state index < -0.39 is 6.09 Å². The Morgan fingerprint density at radius 2 is 2.08 bits per heavy atom. The predicted octanol–water partition coefficient (Wildman–Crippen LogP) is 2.24. The second-order valence-corrected chi connectivity index (χ2v) is 6.57. The Kier molecular flexibility index (Phi) is 6.73.